The van der Waals surface area contributed by atoms with Crippen LogP contribution >= 0.6 is 11.3 Å². The van der Waals surface area contributed by atoms with Gasteiger partial charge in [0.15, 0.2) is 0 Å². The average Bonchev–Trinajstić information content (AvgIpc) is 3.05. The number of aromatic carboxylic acids is 1. The molecule has 0 aliphatic rings. The number of aryl methyl sites for hydroxylation is 1. The summed E-state index contributed by atoms with van der Waals surface area (Å²) in [4.78, 5) is 27.0. The number of hydrogen-bond acceptors (Lipinski definition) is 5. The second-order valence-corrected chi connectivity index (χ2v) is 5.49. The van der Waals surface area contributed by atoms with Gasteiger partial charge in [0.05, 0.1) is 24.5 Å². The molecule has 4 N–H and O–H groups in total. The number of aromatic nitrogens is 3. The van der Waals surface area contributed by atoms with Gasteiger partial charge in [-0.3, -0.25) is 5.10 Å². The fraction of sp³-hybridized carbons (Fsp3) is 0.333. The van der Waals surface area contributed by atoms with E-state index in [0.29, 0.717) is 10.7 Å². The Kier molecular flexibility index (Phi) is 4.53. The zero-order chi connectivity index (χ0) is 15.4. The highest BCUT2D eigenvalue weighted by molar-refractivity contribution is 7.13. The third-order valence-corrected chi connectivity index (χ3v) is 3.95. The Hall–Kier alpha value is -2.42. The largest absolute Gasteiger partial charge is 0.477 e. The number of aromatic amines is 1. The van der Waals surface area contributed by atoms with Crippen molar-refractivity contribution in [1.82, 2.24) is 25.8 Å². The first-order valence-corrected chi connectivity index (χ1v) is 7.01. The minimum absolute atomic E-state index is 0.183. The Morgan fingerprint density at radius 2 is 2.29 bits per heavy atom. The standard InChI is InChI=1S/C12H15N5O3S/c1-6(8-3-14-15-4-8)17-12(20)13-5-9-16-7(2)10(21-9)11(18)19/h3-4,6H,5H2,1-2H3,(H,14,15)(H,18,19)(H2,13,17,20). The molecular formula is C12H15N5O3S. The van der Waals surface area contributed by atoms with Crippen LogP contribution in [-0.4, -0.2) is 32.3 Å². The third kappa shape index (κ3) is 3.78. The first-order valence-electron chi connectivity index (χ1n) is 6.20. The maximum absolute atomic E-state index is 11.8. The number of nitrogens with zero attached hydrogens (tertiary/aromatic N) is 2. The number of thiazole rings is 1. The van der Waals surface area contributed by atoms with E-state index in [9.17, 15) is 9.59 Å². The van der Waals surface area contributed by atoms with Crippen molar-refractivity contribution in [3.63, 3.8) is 0 Å². The Balaban J connectivity index is 1.86. The van der Waals surface area contributed by atoms with Crippen LogP contribution in [0.2, 0.25) is 0 Å². The number of carbonyl (C=O) groups is 2. The van der Waals surface area contributed by atoms with Crippen LogP contribution in [0.15, 0.2) is 12.4 Å². The average molecular weight is 309 g/mol. The predicted octanol–water partition coefficient (Wildman–Crippen LogP) is 1.43. The van der Waals surface area contributed by atoms with Gasteiger partial charge < -0.3 is 15.7 Å². The highest BCUT2D eigenvalue weighted by Crippen LogP contribution is 2.17. The minimum atomic E-state index is -1.01. The number of urea groups is 1. The highest BCUT2D eigenvalue weighted by atomic mass is 32.1. The van der Waals surface area contributed by atoms with Crippen molar-refractivity contribution in [2.24, 2.45) is 0 Å². The molecular weight excluding hydrogens is 294 g/mol. The van der Waals surface area contributed by atoms with E-state index in [1.165, 1.54) is 0 Å². The number of carbonyl (C=O) groups excluding carboxylic acids is 1. The van der Waals surface area contributed by atoms with Crippen LogP contribution in [0.5, 0.6) is 0 Å². The summed E-state index contributed by atoms with van der Waals surface area (Å²) in [5.41, 5.74) is 1.32. The van der Waals surface area contributed by atoms with Crippen molar-refractivity contribution in [3.05, 3.63) is 33.5 Å². The molecule has 0 fully saturated rings. The fourth-order valence-corrected chi connectivity index (χ4v) is 2.55. The first-order chi connectivity index (χ1) is 9.97. The molecule has 2 heterocycles. The van der Waals surface area contributed by atoms with E-state index < -0.39 is 5.97 Å². The summed E-state index contributed by atoms with van der Waals surface area (Å²) in [5.74, 6) is -1.01. The summed E-state index contributed by atoms with van der Waals surface area (Å²) in [6, 6.07) is -0.537. The molecule has 2 aromatic heterocycles. The SMILES string of the molecule is Cc1nc(CNC(=O)NC(C)c2cn[nH]c2)sc1C(=O)O. The molecule has 1 unspecified atom stereocenters. The number of carboxylic acids is 1. The van der Waals surface area contributed by atoms with Gasteiger partial charge in [-0.25, -0.2) is 14.6 Å². The zero-order valence-electron chi connectivity index (χ0n) is 11.5. The molecule has 2 rings (SSSR count). The molecule has 8 nitrogen and oxygen atoms in total. The number of amides is 2. The number of carboxylic acid groups (broad SMARTS) is 1. The lowest BCUT2D eigenvalue weighted by molar-refractivity contribution is 0.0701. The van der Waals surface area contributed by atoms with Crippen molar-refractivity contribution in [2.75, 3.05) is 0 Å². The molecule has 0 saturated carbocycles. The van der Waals surface area contributed by atoms with Crippen LogP contribution in [0.3, 0.4) is 0 Å². The summed E-state index contributed by atoms with van der Waals surface area (Å²) in [6.07, 6.45) is 3.34. The second kappa shape index (κ2) is 6.35. The number of rotatable bonds is 5. The summed E-state index contributed by atoms with van der Waals surface area (Å²) >= 11 is 1.06. The van der Waals surface area contributed by atoms with Gasteiger partial charge in [-0.1, -0.05) is 0 Å². The maximum Gasteiger partial charge on any atom is 0.347 e. The molecule has 0 aliphatic heterocycles. The lowest BCUT2D eigenvalue weighted by atomic mass is 10.2. The van der Waals surface area contributed by atoms with Gasteiger partial charge in [-0.2, -0.15) is 5.10 Å². The summed E-state index contributed by atoms with van der Waals surface area (Å²) in [7, 11) is 0. The van der Waals surface area contributed by atoms with Crippen LogP contribution in [0.4, 0.5) is 4.79 Å². The van der Waals surface area contributed by atoms with E-state index in [1.54, 1.807) is 19.3 Å². The van der Waals surface area contributed by atoms with Gasteiger partial charge in [-0.15, -0.1) is 11.3 Å². The highest BCUT2D eigenvalue weighted by Gasteiger charge is 2.15. The second-order valence-electron chi connectivity index (χ2n) is 4.41. The smallest absolute Gasteiger partial charge is 0.347 e. The van der Waals surface area contributed by atoms with E-state index in [2.05, 4.69) is 25.8 Å². The monoisotopic (exact) mass is 309 g/mol. The van der Waals surface area contributed by atoms with Crippen molar-refractivity contribution in [1.29, 1.82) is 0 Å². The van der Waals surface area contributed by atoms with Crippen LogP contribution < -0.4 is 10.6 Å². The van der Waals surface area contributed by atoms with Crippen molar-refractivity contribution in [2.45, 2.75) is 26.4 Å². The first kappa shape index (κ1) is 15.0. The van der Waals surface area contributed by atoms with Crippen LogP contribution in [0.1, 0.15) is 38.9 Å². The molecule has 2 amide bonds. The Bertz CT molecular complexity index is 637. The van der Waals surface area contributed by atoms with Gasteiger partial charge in [0.2, 0.25) is 0 Å². The summed E-state index contributed by atoms with van der Waals surface area (Å²) < 4.78 is 0. The van der Waals surface area contributed by atoms with E-state index in [4.69, 9.17) is 5.11 Å². The molecule has 0 spiro atoms. The molecule has 0 aliphatic carbocycles. The van der Waals surface area contributed by atoms with E-state index >= 15 is 0 Å². The molecule has 0 bridgehead atoms. The van der Waals surface area contributed by atoms with Gasteiger partial charge in [0, 0.05) is 11.8 Å². The van der Waals surface area contributed by atoms with Crippen LogP contribution in [0.25, 0.3) is 0 Å². The maximum atomic E-state index is 11.8. The van der Waals surface area contributed by atoms with Crippen LogP contribution in [0, 0.1) is 6.92 Å². The lowest BCUT2D eigenvalue weighted by Crippen LogP contribution is -2.36. The third-order valence-electron chi connectivity index (χ3n) is 2.80. The Morgan fingerprint density at radius 3 is 2.86 bits per heavy atom. The fourth-order valence-electron chi connectivity index (χ4n) is 1.71. The molecule has 0 saturated heterocycles. The molecule has 0 radical (unpaired) electrons. The number of H-pyrrole nitrogens is 1. The summed E-state index contributed by atoms with van der Waals surface area (Å²) in [6.45, 7) is 3.65. The normalized spacial score (nSPS) is 11.9. The molecule has 2 aromatic rings. The summed E-state index contributed by atoms with van der Waals surface area (Å²) in [5, 5.41) is 21.4. The topological polar surface area (TPSA) is 120 Å². The quantitative estimate of drug-likeness (QED) is 0.666. The molecule has 1 atom stereocenters. The van der Waals surface area contributed by atoms with Crippen molar-refractivity contribution >= 4 is 23.3 Å². The van der Waals surface area contributed by atoms with E-state index in [1.807, 2.05) is 6.92 Å². The van der Waals surface area contributed by atoms with Crippen LogP contribution in [-0.2, 0) is 6.54 Å². The van der Waals surface area contributed by atoms with E-state index in [0.717, 1.165) is 16.9 Å². The minimum Gasteiger partial charge on any atom is -0.477 e. The predicted molar refractivity (Wildman–Crippen MR) is 76.2 cm³/mol. The van der Waals surface area contributed by atoms with Crippen molar-refractivity contribution < 1.29 is 14.7 Å². The molecule has 112 valence electrons. The number of nitrogens with one attached hydrogen (secondary N) is 3. The molecule has 0 aromatic carbocycles. The van der Waals surface area contributed by atoms with Gasteiger partial charge >= 0.3 is 12.0 Å². The molecule has 9 heteroatoms. The van der Waals surface area contributed by atoms with E-state index in [-0.39, 0.29) is 23.5 Å². The number of hydrogen-bond donors (Lipinski definition) is 4. The van der Waals surface area contributed by atoms with Gasteiger partial charge in [-0.05, 0) is 13.8 Å². The van der Waals surface area contributed by atoms with Gasteiger partial charge in [0.25, 0.3) is 0 Å². The lowest BCUT2D eigenvalue weighted by Gasteiger charge is -2.12. The van der Waals surface area contributed by atoms with Crippen molar-refractivity contribution in [3.8, 4) is 0 Å². The molecule has 21 heavy (non-hydrogen) atoms. The Labute approximate surface area is 124 Å². The van der Waals surface area contributed by atoms with Gasteiger partial charge in [0.1, 0.15) is 9.88 Å². The zero-order valence-corrected chi connectivity index (χ0v) is 12.3. The Morgan fingerprint density at radius 1 is 1.52 bits per heavy atom.